The van der Waals surface area contributed by atoms with Crippen molar-refractivity contribution in [2.45, 2.75) is 44.8 Å². The van der Waals surface area contributed by atoms with Crippen molar-refractivity contribution in [3.63, 3.8) is 0 Å². The number of fused-ring (bicyclic) bond motifs is 1. The number of carbonyl (C=O) groups is 1. The molecule has 4 heterocycles. The molecule has 3 aromatic rings. The lowest BCUT2D eigenvalue weighted by Gasteiger charge is -2.46. The Morgan fingerprint density at radius 3 is 2.67 bits per heavy atom. The van der Waals surface area contributed by atoms with Crippen molar-refractivity contribution < 1.29 is 9.53 Å². The van der Waals surface area contributed by atoms with Gasteiger partial charge in [-0.15, -0.1) is 0 Å². The molecule has 172 valence electrons. The summed E-state index contributed by atoms with van der Waals surface area (Å²) in [6.45, 7) is 5.83. The van der Waals surface area contributed by atoms with E-state index in [1.165, 1.54) is 0 Å². The van der Waals surface area contributed by atoms with Crippen LogP contribution in [0.15, 0.2) is 42.5 Å². The van der Waals surface area contributed by atoms with Crippen LogP contribution >= 0.6 is 11.6 Å². The van der Waals surface area contributed by atoms with E-state index < -0.39 is 0 Å². The molecule has 1 spiro atoms. The van der Waals surface area contributed by atoms with Crippen molar-refractivity contribution in [1.82, 2.24) is 25.0 Å². The van der Waals surface area contributed by atoms with E-state index in [9.17, 15) is 4.79 Å². The average Bonchev–Trinajstić information content (AvgIpc) is 3.14. The maximum absolute atomic E-state index is 13.4. The number of halogens is 1. The fourth-order valence-corrected chi connectivity index (χ4v) is 5.07. The largest absolute Gasteiger partial charge is 0.487 e. The number of piperidine rings is 1. The fraction of sp³-hybridized carbons (Fsp3) is 0.400. The molecule has 1 unspecified atom stereocenters. The van der Waals surface area contributed by atoms with Crippen molar-refractivity contribution in [3.8, 4) is 11.6 Å². The standard InChI is InChI=1S/C25H28ClN5O2/c1-16-14-17(2)31(29-16)22-9-8-19(26)23(28-22)24(32)27-20-15-25(10-12-30(3)13-11-25)33-21-7-5-4-6-18(20)21/h4-9,14,20H,10-13,15H2,1-3H3,(H,27,32). The SMILES string of the molecule is Cc1cc(C)n(-c2ccc(Cl)c(C(=O)NC3CC4(CCN(C)CC4)Oc4ccccc43)n2)n1. The van der Waals surface area contributed by atoms with E-state index >= 15 is 0 Å². The minimum Gasteiger partial charge on any atom is -0.487 e. The van der Waals surface area contributed by atoms with Gasteiger partial charge in [0.2, 0.25) is 0 Å². The second kappa shape index (κ2) is 8.47. The average molecular weight is 466 g/mol. The Balaban J connectivity index is 1.44. The monoisotopic (exact) mass is 465 g/mol. The zero-order valence-electron chi connectivity index (χ0n) is 19.1. The van der Waals surface area contributed by atoms with E-state index in [4.69, 9.17) is 16.3 Å². The van der Waals surface area contributed by atoms with Gasteiger partial charge < -0.3 is 15.0 Å². The van der Waals surface area contributed by atoms with Crippen molar-refractivity contribution in [1.29, 1.82) is 0 Å². The zero-order valence-corrected chi connectivity index (χ0v) is 19.9. The summed E-state index contributed by atoms with van der Waals surface area (Å²) >= 11 is 6.42. The van der Waals surface area contributed by atoms with E-state index in [-0.39, 0.29) is 23.2 Å². The number of rotatable bonds is 3. The van der Waals surface area contributed by atoms with Crippen LogP contribution in [0.1, 0.15) is 52.7 Å². The van der Waals surface area contributed by atoms with Crippen LogP contribution in [0, 0.1) is 13.8 Å². The molecule has 1 N–H and O–H groups in total. The molecule has 33 heavy (non-hydrogen) atoms. The summed E-state index contributed by atoms with van der Waals surface area (Å²) in [6, 6.07) is 13.2. The number of benzene rings is 1. The Labute approximate surface area is 198 Å². The van der Waals surface area contributed by atoms with Crippen LogP contribution in [0.5, 0.6) is 5.75 Å². The van der Waals surface area contributed by atoms with Gasteiger partial charge in [-0.25, -0.2) is 9.67 Å². The summed E-state index contributed by atoms with van der Waals surface area (Å²) in [5.41, 5.74) is 2.74. The topological polar surface area (TPSA) is 72.3 Å². The van der Waals surface area contributed by atoms with E-state index in [0.29, 0.717) is 10.8 Å². The number of pyridine rings is 1. The van der Waals surface area contributed by atoms with E-state index in [0.717, 1.165) is 55.1 Å². The highest BCUT2D eigenvalue weighted by Gasteiger charge is 2.43. The number of para-hydroxylation sites is 1. The second-order valence-electron chi connectivity index (χ2n) is 9.20. The zero-order chi connectivity index (χ0) is 23.2. The third kappa shape index (κ3) is 4.23. The van der Waals surface area contributed by atoms with Crippen LogP contribution in [0.3, 0.4) is 0 Å². The molecule has 2 aliphatic heterocycles. The third-order valence-electron chi connectivity index (χ3n) is 6.67. The molecule has 1 atom stereocenters. The van der Waals surface area contributed by atoms with Gasteiger partial charge in [0.25, 0.3) is 5.91 Å². The predicted molar refractivity (Wildman–Crippen MR) is 127 cm³/mol. The number of nitrogens with one attached hydrogen (secondary N) is 1. The molecule has 1 amide bonds. The van der Waals surface area contributed by atoms with Gasteiger partial charge in [-0.2, -0.15) is 5.10 Å². The van der Waals surface area contributed by atoms with Crippen LogP contribution in [-0.4, -0.2) is 51.3 Å². The first kappa shape index (κ1) is 21.9. The maximum Gasteiger partial charge on any atom is 0.272 e. The molecule has 1 fully saturated rings. The maximum atomic E-state index is 13.4. The number of nitrogens with zero attached hydrogens (tertiary/aromatic N) is 4. The quantitative estimate of drug-likeness (QED) is 0.625. The van der Waals surface area contributed by atoms with Gasteiger partial charge in [0.05, 0.1) is 16.8 Å². The second-order valence-corrected chi connectivity index (χ2v) is 9.60. The van der Waals surface area contributed by atoms with Gasteiger partial charge in [0.15, 0.2) is 5.82 Å². The van der Waals surface area contributed by atoms with Crippen molar-refractivity contribution in [2.75, 3.05) is 20.1 Å². The summed E-state index contributed by atoms with van der Waals surface area (Å²) in [5, 5.41) is 7.99. The summed E-state index contributed by atoms with van der Waals surface area (Å²) in [5.74, 6) is 1.11. The first-order valence-electron chi connectivity index (χ1n) is 11.3. The number of aryl methyl sites for hydroxylation is 2. The van der Waals surface area contributed by atoms with E-state index in [2.05, 4.69) is 27.3 Å². The van der Waals surface area contributed by atoms with Crippen molar-refractivity contribution in [2.24, 2.45) is 0 Å². The Morgan fingerprint density at radius 1 is 1.18 bits per heavy atom. The molecule has 1 aromatic carbocycles. The highest BCUT2D eigenvalue weighted by atomic mass is 35.5. The highest BCUT2D eigenvalue weighted by Crippen LogP contribution is 2.44. The predicted octanol–water partition coefficient (Wildman–Crippen LogP) is 4.26. The molecule has 1 saturated heterocycles. The lowest BCUT2D eigenvalue weighted by molar-refractivity contribution is -0.0196. The number of carbonyl (C=O) groups excluding carboxylic acids is 1. The van der Waals surface area contributed by atoms with Gasteiger partial charge in [0, 0.05) is 30.8 Å². The number of hydrogen-bond acceptors (Lipinski definition) is 5. The molecule has 0 radical (unpaired) electrons. The van der Waals surface area contributed by atoms with Gasteiger partial charge in [-0.1, -0.05) is 29.8 Å². The van der Waals surface area contributed by atoms with Gasteiger partial charge in [-0.05, 0) is 58.0 Å². The number of ether oxygens (including phenoxy) is 1. The number of likely N-dealkylation sites (tertiary alicyclic amines) is 1. The summed E-state index contributed by atoms with van der Waals surface area (Å²) in [6.07, 6.45) is 2.58. The first-order chi connectivity index (χ1) is 15.8. The van der Waals surface area contributed by atoms with Crippen LogP contribution in [0.4, 0.5) is 0 Å². The fourth-order valence-electron chi connectivity index (χ4n) is 4.88. The van der Waals surface area contributed by atoms with Gasteiger partial charge in [-0.3, -0.25) is 4.79 Å². The molecule has 0 bridgehead atoms. The Kier molecular flexibility index (Phi) is 5.62. The summed E-state index contributed by atoms with van der Waals surface area (Å²) in [7, 11) is 2.13. The molecule has 0 saturated carbocycles. The Hall–Kier alpha value is -2.90. The lowest BCUT2D eigenvalue weighted by Crippen LogP contribution is -2.51. The molecule has 0 aliphatic carbocycles. The number of hydrogen-bond donors (Lipinski definition) is 1. The summed E-state index contributed by atoms with van der Waals surface area (Å²) < 4.78 is 8.23. The van der Waals surface area contributed by atoms with Crippen LogP contribution in [0.25, 0.3) is 5.82 Å². The Morgan fingerprint density at radius 2 is 1.94 bits per heavy atom. The lowest BCUT2D eigenvalue weighted by atomic mass is 9.80. The van der Waals surface area contributed by atoms with Crippen molar-refractivity contribution >= 4 is 17.5 Å². The number of aromatic nitrogens is 3. The first-order valence-corrected chi connectivity index (χ1v) is 11.7. The molecular weight excluding hydrogens is 438 g/mol. The smallest absolute Gasteiger partial charge is 0.272 e. The molecule has 2 aromatic heterocycles. The normalized spacial score (nSPS) is 19.7. The highest BCUT2D eigenvalue weighted by molar-refractivity contribution is 6.33. The minimum absolute atomic E-state index is 0.180. The van der Waals surface area contributed by atoms with Gasteiger partial charge >= 0.3 is 0 Å². The molecule has 8 heteroatoms. The van der Waals surface area contributed by atoms with E-state index in [1.807, 2.05) is 44.2 Å². The third-order valence-corrected chi connectivity index (χ3v) is 6.98. The summed E-state index contributed by atoms with van der Waals surface area (Å²) in [4.78, 5) is 20.3. The van der Waals surface area contributed by atoms with E-state index in [1.54, 1.807) is 16.8 Å². The van der Waals surface area contributed by atoms with Crippen molar-refractivity contribution in [3.05, 3.63) is 70.1 Å². The Bertz CT molecular complexity index is 1200. The molecule has 2 aliphatic rings. The molecular formula is C25H28ClN5O2. The van der Waals surface area contributed by atoms with Crippen LogP contribution in [0.2, 0.25) is 5.02 Å². The minimum atomic E-state index is -0.298. The van der Waals surface area contributed by atoms with Crippen LogP contribution < -0.4 is 10.1 Å². The van der Waals surface area contributed by atoms with Gasteiger partial charge in [0.1, 0.15) is 17.0 Å². The number of amides is 1. The van der Waals surface area contributed by atoms with Crippen LogP contribution in [-0.2, 0) is 0 Å². The molecule has 7 nitrogen and oxygen atoms in total. The molecule has 5 rings (SSSR count).